The van der Waals surface area contributed by atoms with Gasteiger partial charge in [-0.1, -0.05) is 24.3 Å². The maximum Gasteiger partial charge on any atom is 0.267 e. The van der Waals surface area contributed by atoms with Crippen LogP contribution in [0.4, 0.5) is 0 Å². The van der Waals surface area contributed by atoms with Gasteiger partial charge in [-0.15, -0.1) is 0 Å². The Morgan fingerprint density at radius 2 is 1.65 bits per heavy atom. The molecule has 1 N–H and O–H groups in total. The van der Waals surface area contributed by atoms with E-state index in [1.807, 2.05) is 12.1 Å². The number of carbonyl (C=O) groups is 2. The van der Waals surface area contributed by atoms with Crippen LogP contribution in [0.3, 0.4) is 0 Å². The summed E-state index contributed by atoms with van der Waals surface area (Å²) in [4.78, 5) is 33.4. The minimum absolute atomic E-state index is 0.0863. The Morgan fingerprint density at radius 1 is 0.971 bits per heavy atom. The molecule has 178 valence electrons. The number of benzene rings is 2. The van der Waals surface area contributed by atoms with Crippen molar-refractivity contribution in [1.29, 1.82) is 0 Å². The zero-order chi connectivity index (χ0) is 23.7. The fourth-order valence-corrected chi connectivity index (χ4v) is 5.44. The molecular formula is C23H24N4O6S. The predicted octanol–water partition coefficient (Wildman–Crippen LogP) is 0.626. The molecule has 10 nitrogen and oxygen atoms in total. The maximum atomic E-state index is 12.9. The zero-order valence-electron chi connectivity index (χ0n) is 18.3. The van der Waals surface area contributed by atoms with Crippen LogP contribution in [0.25, 0.3) is 0 Å². The number of amides is 2. The van der Waals surface area contributed by atoms with Gasteiger partial charge in [-0.2, -0.15) is 0 Å². The minimum atomic E-state index is -3.60. The molecule has 0 aromatic heterocycles. The van der Waals surface area contributed by atoms with Crippen LogP contribution in [0.2, 0.25) is 0 Å². The smallest absolute Gasteiger partial charge is 0.267 e. The number of hydrogen-bond acceptors (Lipinski definition) is 7. The van der Waals surface area contributed by atoms with Crippen molar-refractivity contribution in [2.75, 3.05) is 39.3 Å². The van der Waals surface area contributed by atoms with Gasteiger partial charge < -0.3 is 19.3 Å². The van der Waals surface area contributed by atoms with Crippen LogP contribution in [-0.2, 0) is 19.6 Å². The van der Waals surface area contributed by atoms with Crippen LogP contribution in [-0.4, -0.2) is 81.3 Å². The first-order valence-corrected chi connectivity index (χ1v) is 12.5. The number of para-hydroxylation sites is 2. The van der Waals surface area contributed by atoms with Gasteiger partial charge in [0.2, 0.25) is 12.0 Å². The fourth-order valence-electron chi connectivity index (χ4n) is 4.19. The lowest BCUT2D eigenvalue weighted by Gasteiger charge is -2.37. The highest BCUT2D eigenvalue weighted by molar-refractivity contribution is 7.90. The third-order valence-corrected chi connectivity index (χ3v) is 7.38. The number of nitrogens with zero attached hydrogens (tertiary/aromatic N) is 3. The Labute approximate surface area is 197 Å². The van der Waals surface area contributed by atoms with Gasteiger partial charge in [-0.25, -0.2) is 8.42 Å². The highest BCUT2D eigenvalue weighted by Gasteiger charge is 2.33. The Bertz CT molecular complexity index is 1250. The molecule has 2 aromatic rings. The molecule has 3 heterocycles. The summed E-state index contributed by atoms with van der Waals surface area (Å²) in [5.74, 6) is 1.20. The number of rotatable bonds is 4. The number of amidine groups is 1. The molecule has 1 fully saturated rings. The van der Waals surface area contributed by atoms with E-state index in [-0.39, 0.29) is 42.1 Å². The van der Waals surface area contributed by atoms with E-state index >= 15 is 0 Å². The van der Waals surface area contributed by atoms with Crippen molar-refractivity contribution in [3.05, 3.63) is 54.1 Å². The molecule has 0 saturated carbocycles. The molecule has 0 bridgehead atoms. The molecule has 0 unspecified atom stereocenters. The van der Waals surface area contributed by atoms with Crippen LogP contribution < -0.4 is 14.2 Å². The largest absolute Gasteiger partial charge is 0.485 e. The number of fused-ring (bicyclic) bond motifs is 2. The monoisotopic (exact) mass is 484 g/mol. The quantitative estimate of drug-likeness (QED) is 0.680. The van der Waals surface area contributed by atoms with Crippen molar-refractivity contribution in [3.63, 3.8) is 0 Å². The van der Waals surface area contributed by atoms with Gasteiger partial charge in [0, 0.05) is 38.2 Å². The highest BCUT2D eigenvalue weighted by atomic mass is 32.2. The summed E-state index contributed by atoms with van der Waals surface area (Å²) in [6, 6.07) is 13.8. The highest BCUT2D eigenvalue weighted by Crippen LogP contribution is 2.31. The number of hydrogen-bond donors (Lipinski definition) is 1. The lowest BCUT2D eigenvalue weighted by Crippen LogP contribution is -2.55. The molecule has 5 rings (SSSR count). The van der Waals surface area contributed by atoms with Gasteiger partial charge in [-0.3, -0.25) is 19.3 Å². The number of nitrogens with one attached hydrogen (secondary N) is 1. The van der Waals surface area contributed by atoms with Crippen LogP contribution in [0, 0.1) is 0 Å². The minimum Gasteiger partial charge on any atom is -0.485 e. The molecule has 3 aliphatic heterocycles. The molecule has 1 saturated heterocycles. The van der Waals surface area contributed by atoms with E-state index in [0.29, 0.717) is 43.2 Å². The molecule has 34 heavy (non-hydrogen) atoms. The third-order valence-electron chi connectivity index (χ3n) is 5.99. The third kappa shape index (κ3) is 4.30. The summed E-state index contributed by atoms with van der Waals surface area (Å²) < 4.78 is 38.2. The van der Waals surface area contributed by atoms with E-state index in [0.717, 1.165) is 0 Å². The van der Waals surface area contributed by atoms with Crippen molar-refractivity contribution in [2.24, 2.45) is 4.99 Å². The maximum absolute atomic E-state index is 12.9. The lowest BCUT2D eigenvalue weighted by atomic mass is 10.2. The normalized spacial score (nSPS) is 21.6. The van der Waals surface area contributed by atoms with Crippen LogP contribution >= 0.6 is 0 Å². The molecule has 1 atom stereocenters. The molecule has 3 aliphatic rings. The molecule has 11 heteroatoms. The van der Waals surface area contributed by atoms with Crippen LogP contribution in [0.15, 0.2) is 58.4 Å². The first-order valence-electron chi connectivity index (χ1n) is 11.0. The van der Waals surface area contributed by atoms with Crippen molar-refractivity contribution >= 4 is 27.7 Å². The van der Waals surface area contributed by atoms with E-state index in [9.17, 15) is 18.0 Å². The Morgan fingerprint density at radius 3 is 2.44 bits per heavy atom. The second-order valence-electron chi connectivity index (χ2n) is 8.15. The van der Waals surface area contributed by atoms with E-state index in [1.165, 1.54) is 6.07 Å². The van der Waals surface area contributed by atoms with Crippen molar-refractivity contribution in [3.8, 4) is 11.5 Å². The zero-order valence-corrected chi connectivity index (χ0v) is 19.2. The average Bonchev–Trinajstić information content (AvgIpc) is 3.13. The van der Waals surface area contributed by atoms with E-state index in [1.54, 1.807) is 40.1 Å². The molecule has 2 amide bonds. The van der Waals surface area contributed by atoms with Gasteiger partial charge in [0.05, 0.1) is 11.4 Å². The molecule has 0 radical (unpaired) electrons. The fraction of sp³-hybridized carbons (Fsp3) is 0.348. The van der Waals surface area contributed by atoms with E-state index < -0.39 is 16.1 Å². The first kappa shape index (κ1) is 22.2. The first-order chi connectivity index (χ1) is 16.4. The summed E-state index contributed by atoms with van der Waals surface area (Å²) in [6.07, 6.45) is -0.552. The van der Waals surface area contributed by atoms with Gasteiger partial charge in [0.1, 0.15) is 12.4 Å². The number of carbonyl (C=O) groups excluding carboxylic acids is 2. The number of aliphatic imine (C=N–C) groups is 1. The summed E-state index contributed by atoms with van der Waals surface area (Å²) in [5.41, 5.74) is 0.513. The topological polar surface area (TPSA) is 118 Å². The van der Waals surface area contributed by atoms with Gasteiger partial charge in [0.15, 0.2) is 11.5 Å². The van der Waals surface area contributed by atoms with Gasteiger partial charge >= 0.3 is 0 Å². The van der Waals surface area contributed by atoms with Crippen molar-refractivity contribution < 1.29 is 27.5 Å². The number of sulfonamides is 1. The van der Waals surface area contributed by atoms with E-state index in [2.05, 4.69) is 9.71 Å². The van der Waals surface area contributed by atoms with E-state index in [4.69, 9.17) is 9.47 Å². The number of ether oxygens (including phenoxy) is 2. The Hall–Kier alpha value is -3.60. The molecule has 0 aliphatic carbocycles. The summed E-state index contributed by atoms with van der Waals surface area (Å²) in [5, 5.41) is 0. The van der Waals surface area contributed by atoms with Crippen LogP contribution in [0.1, 0.15) is 12.0 Å². The van der Waals surface area contributed by atoms with Crippen LogP contribution in [0.5, 0.6) is 11.5 Å². The average molecular weight is 485 g/mol. The second kappa shape index (κ2) is 8.98. The molecule has 2 aromatic carbocycles. The molecular weight excluding hydrogens is 460 g/mol. The molecule has 0 spiro atoms. The Kier molecular flexibility index (Phi) is 5.86. The van der Waals surface area contributed by atoms with Gasteiger partial charge in [-0.05, 0) is 24.3 Å². The Balaban J connectivity index is 1.11. The second-order valence-corrected chi connectivity index (χ2v) is 9.80. The SMILES string of the molecule is O=C(CCN=C1NS(=O)(=O)c2ccccc21)N1CCN(C(=O)[C@H]2COc3ccccc3O2)CC1. The van der Waals surface area contributed by atoms with Crippen molar-refractivity contribution in [2.45, 2.75) is 17.4 Å². The lowest BCUT2D eigenvalue weighted by molar-refractivity contribution is -0.146. The summed E-state index contributed by atoms with van der Waals surface area (Å²) in [6.45, 7) is 1.97. The predicted molar refractivity (Wildman–Crippen MR) is 122 cm³/mol. The summed E-state index contributed by atoms with van der Waals surface area (Å²) in [7, 11) is -3.60. The standard InChI is InChI=1S/C23H24N4O6S/c28-21(9-10-24-22-16-5-1-4-8-20(16)34(30,31)25-22)26-11-13-27(14-12-26)23(29)19-15-32-17-6-2-3-7-18(17)33-19/h1-8,19H,9-15H2,(H,24,25)/t19-/m1/s1. The van der Waals surface area contributed by atoms with Crippen molar-refractivity contribution in [1.82, 2.24) is 14.5 Å². The number of piperazine rings is 1. The van der Waals surface area contributed by atoms with Gasteiger partial charge in [0.25, 0.3) is 15.9 Å². The summed E-state index contributed by atoms with van der Waals surface area (Å²) >= 11 is 0.